The van der Waals surface area contributed by atoms with Gasteiger partial charge in [0, 0.05) is 0 Å². The van der Waals surface area contributed by atoms with Gasteiger partial charge in [0.25, 0.3) is 0 Å². The molecule has 0 fully saturated rings. The van der Waals surface area contributed by atoms with Crippen LogP contribution in [0.2, 0.25) is 0 Å². The van der Waals surface area contributed by atoms with E-state index < -0.39 is 0 Å². The number of nitrogens with zero attached hydrogens (tertiary/aromatic N) is 1. The van der Waals surface area contributed by atoms with E-state index in [9.17, 15) is 0 Å². The van der Waals surface area contributed by atoms with Crippen molar-refractivity contribution in [3.63, 3.8) is 0 Å². The Kier molecular flexibility index (Phi) is 1.71. The van der Waals surface area contributed by atoms with E-state index in [4.69, 9.17) is 0 Å². The van der Waals surface area contributed by atoms with Crippen LogP contribution in [0.3, 0.4) is 0 Å². The Balaban J connectivity index is 2.13. The second kappa shape index (κ2) is 3.06. The first kappa shape index (κ1) is 8.42. The summed E-state index contributed by atoms with van der Waals surface area (Å²) in [6.45, 7) is 0. The number of aromatic amines is 1. The lowest BCUT2D eigenvalue weighted by molar-refractivity contribution is 0.870. The van der Waals surface area contributed by atoms with Crippen LogP contribution in [0.5, 0.6) is 0 Å². The summed E-state index contributed by atoms with van der Waals surface area (Å²) in [4.78, 5) is 0. The van der Waals surface area contributed by atoms with Crippen LogP contribution >= 0.6 is 0 Å². The van der Waals surface area contributed by atoms with Crippen LogP contribution in [0.1, 0.15) is 0 Å². The monoisotopic (exact) mass is 194 g/mol. The fraction of sp³-hybridized carbons (Fsp3) is 0. The Morgan fingerprint density at radius 2 is 1.67 bits per heavy atom. The van der Waals surface area contributed by atoms with Crippen LogP contribution < -0.4 is 5.46 Å². The molecule has 0 radical (unpaired) electrons. The predicted octanol–water partition coefficient (Wildman–Crippen LogP) is 1.22. The van der Waals surface area contributed by atoms with Gasteiger partial charge < -0.3 is 0 Å². The highest BCUT2D eigenvalue weighted by molar-refractivity contribution is 6.32. The normalized spacial score (nSPS) is 10.9. The molecule has 72 valence electrons. The number of hydrogen-bond donors (Lipinski definition) is 1. The van der Waals surface area contributed by atoms with Crippen molar-refractivity contribution in [3.8, 4) is 5.69 Å². The average molecular weight is 194 g/mol. The van der Waals surface area contributed by atoms with E-state index in [-0.39, 0.29) is 0 Å². The zero-order valence-electron chi connectivity index (χ0n) is 8.57. The molecule has 0 atom stereocenters. The summed E-state index contributed by atoms with van der Waals surface area (Å²) in [5.41, 5.74) is 4.89. The Labute approximate surface area is 88.9 Å². The molecule has 0 amide bonds. The molecule has 0 aliphatic rings. The minimum Gasteiger partial charge on any atom is -0.292 e. The molecule has 2 aromatic carbocycles. The van der Waals surface area contributed by atoms with Gasteiger partial charge >= 0.3 is 0 Å². The minimum absolute atomic E-state index is 1.18. The van der Waals surface area contributed by atoms with Crippen molar-refractivity contribution in [2.24, 2.45) is 0 Å². The lowest BCUT2D eigenvalue weighted by Crippen LogP contribution is -2.09. The molecule has 0 bridgehead atoms. The molecule has 0 saturated heterocycles. The number of benzene rings is 2. The summed E-state index contributed by atoms with van der Waals surface area (Å²) >= 11 is 0. The number of aromatic nitrogens is 2. The summed E-state index contributed by atoms with van der Waals surface area (Å²) < 4.78 is 2.09. The van der Waals surface area contributed by atoms with E-state index in [2.05, 4.69) is 60.1 Å². The number of fused-ring (bicyclic) bond motifs is 1. The SMILES string of the molecule is Bc1ccc(-n2[nH]c3ccccc32)cc1. The molecule has 1 aromatic heterocycles. The highest BCUT2D eigenvalue weighted by Gasteiger charge is 2.04. The molecule has 0 aliphatic carbocycles. The second-order valence-electron chi connectivity index (χ2n) is 3.80. The molecule has 0 spiro atoms. The molecular formula is C12H11BN2. The van der Waals surface area contributed by atoms with Crippen LogP contribution in [0.4, 0.5) is 0 Å². The minimum atomic E-state index is 1.18. The Hall–Kier alpha value is -1.90. The molecule has 3 rings (SSSR count). The quantitative estimate of drug-likeness (QED) is 0.562. The first-order valence-electron chi connectivity index (χ1n) is 5.07. The van der Waals surface area contributed by atoms with Crippen LogP contribution in [-0.4, -0.2) is 17.6 Å². The van der Waals surface area contributed by atoms with E-state index in [0.29, 0.717) is 0 Å². The highest BCUT2D eigenvalue weighted by atomic mass is 15.3. The lowest BCUT2D eigenvalue weighted by atomic mass is 9.96. The zero-order valence-corrected chi connectivity index (χ0v) is 8.57. The number of hydrogen-bond acceptors (Lipinski definition) is 0. The average Bonchev–Trinajstić information content (AvgIpc) is 2.23. The van der Waals surface area contributed by atoms with Gasteiger partial charge in [-0.2, -0.15) is 0 Å². The molecule has 15 heavy (non-hydrogen) atoms. The summed E-state index contributed by atoms with van der Waals surface area (Å²) in [5, 5.41) is 3.29. The van der Waals surface area contributed by atoms with E-state index in [0.717, 1.165) is 0 Å². The van der Waals surface area contributed by atoms with Crippen LogP contribution in [0.25, 0.3) is 16.7 Å². The number of para-hydroxylation sites is 2. The van der Waals surface area contributed by atoms with Gasteiger partial charge in [-0.3, -0.25) is 9.78 Å². The van der Waals surface area contributed by atoms with Crippen molar-refractivity contribution in [3.05, 3.63) is 48.5 Å². The summed E-state index contributed by atoms with van der Waals surface area (Å²) in [5.74, 6) is 0. The molecule has 1 N–H and O–H groups in total. The molecule has 0 saturated carbocycles. The van der Waals surface area contributed by atoms with Gasteiger partial charge in [0.1, 0.15) is 7.85 Å². The third kappa shape index (κ3) is 1.28. The van der Waals surface area contributed by atoms with Gasteiger partial charge in [0.2, 0.25) is 0 Å². The van der Waals surface area contributed by atoms with Crippen LogP contribution in [-0.2, 0) is 0 Å². The van der Waals surface area contributed by atoms with Gasteiger partial charge in [-0.1, -0.05) is 29.7 Å². The van der Waals surface area contributed by atoms with Crippen molar-refractivity contribution in [2.45, 2.75) is 0 Å². The largest absolute Gasteiger partial charge is 0.292 e. The summed E-state index contributed by atoms with van der Waals surface area (Å²) in [6, 6.07) is 16.8. The molecule has 3 aromatic rings. The number of H-pyrrole nitrogens is 1. The maximum Gasteiger partial charge on any atom is 0.139 e. The molecule has 1 heterocycles. The molecule has 3 heteroatoms. The van der Waals surface area contributed by atoms with Gasteiger partial charge in [0.15, 0.2) is 0 Å². The molecular weight excluding hydrogens is 183 g/mol. The Morgan fingerprint density at radius 3 is 2.40 bits per heavy atom. The van der Waals surface area contributed by atoms with Crippen LogP contribution in [0.15, 0.2) is 48.5 Å². The van der Waals surface area contributed by atoms with Crippen molar-refractivity contribution in [2.75, 3.05) is 0 Å². The van der Waals surface area contributed by atoms with E-state index >= 15 is 0 Å². The Morgan fingerprint density at radius 1 is 0.933 bits per heavy atom. The number of nitrogens with one attached hydrogen (secondary N) is 1. The topological polar surface area (TPSA) is 20.7 Å². The van der Waals surface area contributed by atoms with Gasteiger partial charge in [0.05, 0.1) is 16.7 Å². The third-order valence-corrected chi connectivity index (χ3v) is 2.67. The first-order chi connectivity index (χ1) is 7.34. The fourth-order valence-electron chi connectivity index (χ4n) is 1.79. The van der Waals surface area contributed by atoms with Gasteiger partial charge in [-0.25, -0.2) is 0 Å². The highest BCUT2D eigenvalue weighted by Crippen LogP contribution is 2.18. The Bertz CT molecular complexity index is 589. The number of rotatable bonds is 1. The van der Waals surface area contributed by atoms with Gasteiger partial charge in [-0.05, 0) is 24.3 Å². The third-order valence-electron chi connectivity index (χ3n) is 2.67. The lowest BCUT2D eigenvalue weighted by Gasteiger charge is -2.16. The molecule has 0 unspecified atom stereocenters. The van der Waals surface area contributed by atoms with Crippen molar-refractivity contribution in [1.82, 2.24) is 9.78 Å². The van der Waals surface area contributed by atoms with Crippen molar-refractivity contribution in [1.29, 1.82) is 0 Å². The maximum absolute atomic E-state index is 3.29. The summed E-state index contributed by atoms with van der Waals surface area (Å²) in [7, 11) is 2.10. The van der Waals surface area contributed by atoms with Crippen molar-refractivity contribution >= 4 is 24.3 Å². The fourth-order valence-corrected chi connectivity index (χ4v) is 1.79. The van der Waals surface area contributed by atoms with Crippen molar-refractivity contribution < 1.29 is 0 Å². The summed E-state index contributed by atoms with van der Waals surface area (Å²) in [6.07, 6.45) is 0. The standard InChI is InChI=1S/C12H11BN2/c13-9-5-7-10(8-6-9)15-12-4-2-1-3-11(12)14-15/h1-8,14H,13H2. The van der Waals surface area contributed by atoms with Crippen LogP contribution in [0, 0.1) is 0 Å². The smallest absolute Gasteiger partial charge is 0.139 e. The van der Waals surface area contributed by atoms with E-state index in [1.54, 1.807) is 0 Å². The zero-order chi connectivity index (χ0) is 10.3. The molecule has 2 nitrogen and oxygen atoms in total. The predicted molar refractivity (Wildman–Crippen MR) is 65.8 cm³/mol. The maximum atomic E-state index is 3.29. The first-order valence-corrected chi connectivity index (χ1v) is 5.07. The van der Waals surface area contributed by atoms with E-state index in [1.165, 1.54) is 22.2 Å². The van der Waals surface area contributed by atoms with Gasteiger partial charge in [-0.15, -0.1) is 0 Å². The second-order valence-corrected chi connectivity index (χ2v) is 3.80. The van der Waals surface area contributed by atoms with E-state index in [1.807, 2.05) is 6.07 Å². The molecule has 0 aliphatic heterocycles.